The third-order valence-electron chi connectivity index (χ3n) is 6.79. The Hall–Kier alpha value is -1.45. The van der Waals surface area contributed by atoms with Crippen molar-refractivity contribution in [3.63, 3.8) is 0 Å². The fraction of sp³-hybridized carbons (Fsp3) is 0.839. The van der Waals surface area contributed by atoms with Gasteiger partial charge in [0, 0.05) is 6.07 Å². The zero-order valence-electron chi connectivity index (χ0n) is 23.3. The molecule has 1 aromatic heterocycles. The van der Waals surface area contributed by atoms with Crippen LogP contribution < -0.4 is 9.47 Å². The molecule has 0 atom stereocenters. The van der Waals surface area contributed by atoms with Crippen LogP contribution >= 0.6 is 0 Å². The minimum Gasteiger partial charge on any atom is -0.487 e. The fourth-order valence-corrected chi connectivity index (χ4v) is 4.51. The zero-order chi connectivity index (χ0) is 25.2. The highest BCUT2D eigenvalue weighted by Crippen LogP contribution is 2.31. The summed E-state index contributed by atoms with van der Waals surface area (Å²) in [6, 6.07) is 1.65. The molecule has 0 aliphatic heterocycles. The molecule has 1 aromatic rings. The van der Waals surface area contributed by atoms with E-state index in [-0.39, 0.29) is 5.76 Å². The molecule has 0 aliphatic carbocycles. The first kappa shape index (κ1) is 31.6. The minimum absolute atomic E-state index is 0.271. The Morgan fingerprint density at radius 1 is 0.571 bits per heavy atom. The summed E-state index contributed by atoms with van der Waals surface area (Å²) in [5.74, 6) is 1.21. The van der Waals surface area contributed by atoms with Crippen molar-refractivity contribution in [2.75, 3.05) is 13.2 Å². The second-order valence-electron chi connectivity index (χ2n) is 10.2. The van der Waals surface area contributed by atoms with Crippen molar-refractivity contribution in [2.45, 2.75) is 155 Å². The lowest BCUT2D eigenvalue weighted by molar-refractivity contribution is 0.109. The summed E-state index contributed by atoms with van der Waals surface area (Å²) >= 11 is 0. The van der Waals surface area contributed by atoms with Gasteiger partial charge in [-0.3, -0.25) is 4.79 Å². The lowest BCUT2D eigenvalue weighted by Gasteiger charge is -2.08. The Kier molecular flexibility index (Phi) is 21.9. The quantitative estimate of drug-likeness (QED) is 0.0905. The normalized spacial score (nSPS) is 11.1. The van der Waals surface area contributed by atoms with Crippen LogP contribution in [0.15, 0.2) is 10.5 Å². The minimum atomic E-state index is 0.271. The smallest absolute Gasteiger partial charge is 0.329 e. The van der Waals surface area contributed by atoms with Crippen LogP contribution in [-0.2, 0) is 0 Å². The lowest BCUT2D eigenvalue weighted by Crippen LogP contribution is -2.01. The molecule has 0 aliphatic rings. The number of ether oxygens (including phenoxy) is 2. The van der Waals surface area contributed by atoms with E-state index in [1.165, 1.54) is 128 Å². The van der Waals surface area contributed by atoms with Gasteiger partial charge in [-0.25, -0.2) is 0 Å². The molecule has 35 heavy (non-hydrogen) atoms. The molecule has 1 heterocycles. The SMILES string of the molecule is CCCCCCCCCCCCCOc1cc(C=O)oc1OCCCCCCCCCCCCC. The summed E-state index contributed by atoms with van der Waals surface area (Å²) in [6.07, 6.45) is 29.5. The van der Waals surface area contributed by atoms with Gasteiger partial charge in [0.1, 0.15) is 0 Å². The van der Waals surface area contributed by atoms with E-state index < -0.39 is 0 Å². The van der Waals surface area contributed by atoms with Crippen molar-refractivity contribution >= 4 is 6.29 Å². The van der Waals surface area contributed by atoms with Crippen molar-refractivity contribution < 1.29 is 18.7 Å². The van der Waals surface area contributed by atoms with Gasteiger partial charge in [-0.15, -0.1) is 0 Å². The van der Waals surface area contributed by atoms with Gasteiger partial charge in [0.05, 0.1) is 13.2 Å². The van der Waals surface area contributed by atoms with Gasteiger partial charge in [-0.1, -0.05) is 142 Å². The highest BCUT2D eigenvalue weighted by Gasteiger charge is 2.14. The van der Waals surface area contributed by atoms with E-state index in [0.717, 1.165) is 12.8 Å². The molecule has 0 unspecified atom stereocenters. The lowest BCUT2D eigenvalue weighted by atomic mass is 10.1. The number of hydrogen-bond acceptors (Lipinski definition) is 4. The molecule has 0 radical (unpaired) electrons. The number of aldehydes is 1. The molecule has 204 valence electrons. The number of furan rings is 1. The van der Waals surface area contributed by atoms with E-state index in [4.69, 9.17) is 13.9 Å². The fourth-order valence-electron chi connectivity index (χ4n) is 4.51. The molecular formula is C31H56O4. The Balaban J connectivity index is 2.03. The largest absolute Gasteiger partial charge is 0.487 e. The van der Waals surface area contributed by atoms with Crippen molar-refractivity contribution in [3.05, 3.63) is 11.8 Å². The Labute approximate surface area is 216 Å². The molecule has 0 N–H and O–H groups in total. The van der Waals surface area contributed by atoms with Crippen molar-refractivity contribution in [1.29, 1.82) is 0 Å². The second kappa shape index (κ2) is 24.3. The molecular weight excluding hydrogens is 436 g/mol. The van der Waals surface area contributed by atoms with Gasteiger partial charge >= 0.3 is 5.95 Å². The van der Waals surface area contributed by atoms with Crippen LogP contribution in [0.3, 0.4) is 0 Å². The van der Waals surface area contributed by atoms with E-state index in [0.29, 0.717) is 31.2 Å². The van der Waals surface area contributed by atoms with Crippen molar-refractivity contribution in [2.24, 2.45) is 0 Å². The molecule has 0 saturated carbocycles. The first-order valence-corrected chi connectivity index (χ1v) is 15.2. The maximum Gasteiger partial charge on any atom is 0.329 e. The molecule has 0 saturated heterocycles. The van der Waals surface area contributed by atoms with Crippen LogP contribution in [0.1, 0.15) is 166 Å². The number of unbranched alkanes of at least 4 members (excludes halogenated alkanes) is 20. The molecule has 0 bridgehead atoms. The van der Waals surface area contributed by atoms with Crippen LogP contribution in [0.4, 0.5) is 0 Å². The average Bonchev–Trinajstić information content (AvgIpc) is 3.27. The summed E-state index contributed by atoms with van der Waals surface area (Å²) in [5.41, 5.74) is 0. The first-order valence-electron chi connectivity index (χ1n) is 15.2. The maximum atomic E-state index is 11.1. The molecule has 1 rings (SSSR count). The Morgan fingerprint density at radius 2 is 0.943 bits per heavy atom. The van der Waals surface area contributed by atoms with Crippen LogP contribution in [0.2, 0.25) is 0 Å². The number of carbonyl (C=O) groups excluding carboxylic acids is 1. The predicted octanol–water partition coefficient (Wildman–Crippen LogP) is 10.5. The third kappa shape index (κ3) is 18.5. The highest BCUT2D eigenvalue weighted by molar-refractivity contribution is 5.72. The zero-order valence-corrected chi connectivity index (χ0v) is 23.3. The number of hydrogen-bond donors (Lipinski definition) is 0. The second-order valence-corrected chi connectivity index (χ2v) is 10.2. The van der Waals surface area contributed by atoms with Crippen molar-refractivity contribution in [1.82, 2.24) is 0 Å². The van der Waals surface area contributed by atoms with E-state index in [9.17, 15) is 4.79 Å². The topological polar surface area (TPSA) is 48.7 Å². The van der Waals surface area contributed by atoms with Crippen molar-refractivity contribution in [3.8, 4) is 11.7 Å². The van der Waals surface area contributed by atoms with Gasteiger partial charge in [-0.05, 0) is 12.8 Å². The summed E-state index contributed by atoms with van der Waals surface area (Å²) < 4.78 is 17.2. The molecule has 0 aromatic carbocycles. The summed E-state index contributed by atoms with van der Waals surface area (Å²) in [5, 5.41) is 0. The summed E-state index contributed by atoms with van der Waals surface area (Å²) in [4.78, 5) is 11.1. The van der Waals surface area contributed by atoms with Gasteiger partial charge in [0.25, 0.3) is 0 Å². The van der Waals surface area contributed by atoms with E-state index in [2.05, 4.69) is 13.8 Å². The van der Waals surface area contributed by atoms with Crippen LogP contribution in [-0.4, -0.2) is 19.5 Å². The first-order chi connectivity index (χ1) is 17.3. The molecule has 4 heteroatoms. The standard InChI is InChI=1S/C31H56O4/c1-3-5-7-9-11-13-15-17-19-21-23-25-33-30-27-29(28-32)35-31(30)34-26-24-22-20-18-16-14-12-10-8-6-4-2/h27-28H,3-26H2,1-2H3. The Morgan fingerprint density at radius 3 is 1.34 bits per heavy atom. The van der Waals surface area contributed by atoms with Crippen LogP contribution in [0.25, 0.3) is 0 Å². The van der Waals surface area contributed by atoms with Gasteiger partial charge < -0.3 is 13.9 Å². The summed E-state index contributed by atoms with van der Waals surface area (Å²) in [6.45, 7) is 5.79. The number of carbonyl (C=O) groups is 1. The van der Waals surface area contributed by atoms with Crippen LogP contribution in [0, 0.1) is 0 Å². The Bertz CT molecular complexity index is 535. The van der Waals surface area contributed by atoms with Gasteiger partial charge in [0.2, 0.25) is 5.75 Å². The molecule has 0 spiro atoms. The van der Waals surface area contributed by atoms with E-state index >= 15 is 0 Å². The monoisotopic (exact) mass is 492 g/mol. The molecule has 0 amide bonds. The van der Waals surface area contributed by atoms with Gasteiger partial charge in [0.15, 0.2) is 12.0 Å². The highest BCUT2D eigenvalue weighted by atomic mass is 16.6. The summed E-state index contributed by atoms with van der Waals surface area (Å²) in [7, 11) is 0. The average molecular weight is 493 g/mol. The van der Waals surface area contributed by atoms with E-state index in [1.54, 1.807) is 6.07 Å². The molecule has 0 fully saturated rings. The number of rotatable bonds is 27. The van der Waals surface area contributed by atoms with E-state index in [1.807, 2.05) is 0 Å². The third-order valence-corrected chi connectivity index (χ3v) is 6.79. The maximum absolute atomic E-state index is 11.1. The van der Waals surface area contributed by atoms with Crippen LogP contribution in [0.5, 0.6) is 11.7 Å². The predicted molar refractivity (Wildman–Crippen MR) is 148 cm³/mol. The van der Waals surface area contributed by atoms with Gasteiger partial charge in [-0.2, -0.15) is 0 Å². The molecule has 4 nitrogen and oxygen atoms in total.